The van der Waals surface area contributed by atoms with Crippen LogP contribution < -0.4 is 20.5 Å². The van der Waals surface area contributed by atoms with Gasteiger partial charge in [0.1, 0.15) is 23.9 Å². The summed E-state index contributed by atoms with van der Waals surface area (Å²) in [5.74, 6) is 2.29. The zero-order chi connectivity index (χ0) is 24.5. The predicted octanol–water partition coefficient (Wildman–Crippen LogP) is 4.67. The van der Waals surface area contributed by atoms with Gasteiger partial charge in [-0.25, -0.2) is 4.98 Å². The zero-order valence-corrected chi connectivity index (χ0v) is 20.2. The lowest BCUT2D eigenvalue weighted by molar-refractivity contribution is 0.303. The van der Waals surface area contributed by atoms with Crippen LogP contribution in [0.4, 0.5) is 11.8 Å². The van der Waals surface area contributed by atoms with Crippen molar-refractivity contribution < 1.29 is 14.6 Å². The number of nitrogens with zero attached hydrogens (tertiary/aromatic N) is 2. The standard InChI is InChI=1S/C27H34N4O3/c1-5-9-24(18(2)16-32)30-26-23(19(3)29-27(28)31-26)14-21-12-13-22(15-25(21)33-4)34-17-20-10-7-6-8-11-20/h6-8,10-13,15,24,32H,2,5,9,14,16-17H2,1,3-4H3,(H3,28,29,30,31). The molecule has 1 unspecified atom stereocenters. The molecular formula is C27H34N4O3. The van der Waals surface area contributed by atoms with Crippen molar-refractivity contribution in [3.8, 4) is 11.5 Å². The number of aromatic nitrogens is 2. The van der Waals surface area contributed by atoms with Gasteiger partial charge in [-0.2, -0.15) is 4.98 Å². The van der Waals surface area contributed by atoms with E-state index in [1.165, 1.54) is 0 Å². The lowest BCUT2D eigenvalue weighted by atomic mass is 10.0. The van der Waals surface area contributed by atoms with Gasteiger partial charge in [0.25, 0.3) is 0 Å². The highest BCUT2D eigenvalue weighted by atomic mass is 16.5. The number of nitrogen functional groups attached to an aromatic ring is 1. The summed E-state index contributed by atoms with van der Waals surface area (Å²) in [6, 6.07) is 15.7. The van der Waals surface area contributed by atoms with Gasteiger partial charge in [0.2, 0.25) is 5.95 Å². The average Bonchev–Trinajstić information content (AvgIpc) is 2.85. The van der Waals surface area contributed by atoms with Crippen LogP contribution >= 0.6 is 0 Å². The number of ether oxygens (including phenoxy) is 2. The summed E-state index contributed by atoms with van der Waals surface area (Å²) in [6.07, 6.45) is 2.30. The summed E-state index contributed by atoms with van der Waals surface area (Å²) in [5, 5.41) is 13.0. The van der Waals surface area contributed by atoms with Gasteiger partial charge < -0.3 is 25.6 Å². The maximum Gasteiger partial charge on any atom is 0.222 e. The van der Waals surface area contributed by atoms with Gasteiger partial charge in [-0.3, -0.25) is 0 Å². The topological polar surface area (TPSA) is 103 Å². The van der Waals surface area contributed by atoms with E-state index in [0.29, 0.717) is 24.4 Å². The number of nitrogens with two attached hydrogens (primary N) is 1. The van der Waals surface area contributed by atoms with Crippen molar-refractivity contribution in [2.45, 2.75) is 45.8 Å². The number of rotatable bonds is 12. The molecule has 0 saturated carbocycles. The van der Waals surface area contributed by atoms with Crippen molar-refractivity contribution in [2.24, 2.45) is 0 Å². The first-order valence-electron chi connectivity index (χ1n) is 11.5. The molecule has 1 heterocycles. The third-order valence-electron chi connectivity index (χ3n) is 5.69. The van der Waals surface area contributed by atoms with E-state index >= 15 is 0 Å². The molecule has 7 heteroatoms. The van der Waals surface area contributed by atoms with E-state index in [9.17, 15) is 5.11 Å². The van der Waals surface area contributed by atoms with Crippen LogP contribution in [0.2, 0.25) is 0 Å². The van der Waals surface area contributed by atoms with Crippen LogP contribution in [0, 0.1) is 6.92 Å². The largest absolute Gasteiger partial charge is 0.496 e. The lowest BCUT2D eigenvalue weighted by Gasteiger charge is -2.23. The van der Waals surface area contributed by atoms with Crippen LogP contribution in [0.1, 0.15) is 42.1 Å². The molecule has 180 valence electrons. The highest BCUT2D eigenvalue weighted by Crippen LogP contribution is 2.31. The summed E-state index contributed by atoms with van der Waals surface area (Å²) in [5.41, 5.74) is 10.4. The zero-order valence-electron chi connectivity index (χ0n) is 20.2. The second kappa shape index (κ2) is 12.0. The van der Waals surface area contributed by atoms with Crippen LogP contribution in [0.25, 0.3) is 0 Å². The highest BCUT2D eigenvalue weighted by Gasteiger charge is 2.19. The van der Waals surface area contributed by atoms with Gasteiger partial charge in [0.05, 0.1) is 19.8 Å². The summed E-state index contributed by atoms with van der Waals surface area (Å²) in [4.78, 5) is 8.85. The Morgan fingerprint density at radius 1 is 1.18 bits per heavy atom. The molecule has 0 bridgehead atoms. The quantitative estimate of drug-likeness (QED) is 0.336. The summed E-state index contributed by atoms with van der Waals surface area (Å²) >= 11 is 0. The smallest absolute Gasteiger partial charge is 0.222 e. The minimum Gasteiger partial charge on any atom is -0.496 e. The number of benzene rings is 2. The van der Waals surface area contributed by atoms with Crippen molar-refractivity contribution in [1.29, 1.82) is 0 Å². The minimum absolute atomic E-state index is 0.0924. The molecule has 3 aromatic rings. The van der Waals surface area contributed by atoms with Gasteiger partial charge in [-0.1, -0.05) is 56.3 Å². The van der Waals surface area contributed by atoms with Gasteiger partial charge in [-0.05, 0) is 36.1 Å². The number of hydrogen-bond acceptors (Lipinski definition) is 7. The van der Waals surface area contributed by atoms with E-state index < -0.39 is 0 Å². The molecule has 0 saturated heterocycles. The molecule has 1 atom stereocenters. The molecule has 0 radical (unpaired) electrons. The van der Waals surface area contributed by atoms with E-state index in [1.807, 2.05) is 55.5 Å². The lowest BCUT2D eigenvalue weighted by Crippen LogP contribution is -2.25. The van der Waals surface area contributed by atoms with Crippen molar-refractivity contribution >= 4 is 11.8 Å². The summed E-state index contributed by atoms with van der Waals surface area (Å²) in [6.45, 7) is 8.40. The molecule has 1 aromatic heterocycles. The van der Waals surface area contributed by atoms with Crippen molar-refractivity contribution in [1.82, 2.24) is 9.97 Å². The Hall–Kier alpha value is -3.58. The number of aliphatic hydroxyl groups excluding tert-OH is 1. The van der Waals surface area contributed by atoms with Gasteiger partial charge in [0.15, 0.2) is 0 Å². The Bertz CT molecular complexity index is 1100. The van der Waals surface area contributed by atoms with E-state index in [2.05, 4.69) is 28.8 Å². The number of aliphatic hydroxyl groups is 1. The molecule has 0 aliphatic heterocycles. The van der Waals surface area contributed by atoms with Crippen molar-refractivity contribution in [3.05, 3.63) is 83.1 Å². The van der Waals surface area contributed by atoms with Crippen LogP contribution in [-0.4, -0.2) is 34.8 Å². The maximum absolute atomic E-state index is 9.61. The van der Waals surface area contributed by atoms with Gasteiger partial charge in [-0.15, -0.1) is 0 Å². The first-order valence-corrected chi connectivity index (χ1v) is 11.5. The molecule has 7 nitrogen and oxygen atoms in total. The van der Waals surface area contributed by atoms with Crippen molar-refractivity contribution in [2.75, 3.05) is 24.8 Å². The second-order valence-corrected chi connectivity index (χ2v) is 8.22. The van der Waals surface area contributed by atoms with E-state index in [0.717, 1.165) is 46.7 Å². The fraction of sp³-hybridized carbons (Fsp3) is 0.333. The average molecular weight is 463 g/mol. The molecule has 0 amide bonds. The molecule has 0 spiro atoms. The van der Waals surface area contributed by atoms with E-state index in [1.54, 1.807) is 7.11 Å². The van der Waals surface area contributed by atoms with Gasteiger partial charge >= 0.3 is 0 Å². The predicted molar refractivity (Wildman–Crippen MR) is 136 cm³/mol. The Morgan fingerprint density at radius 3 is 2.62 bits per heavy atom. The Kier molecular flexibility index (Phi) is 8.87. The maximum atomic E-state index is 9.61. The third kappa shape index (κ3) is 6.48. The second-order valence-electron chi connectivity index (χ2n) is 8.22. The Balaban J connectivity index is 1.85. The summed E-state index contributed by atoms with van der Waals surface area (Å²) in [7, 11) is 1.65. The number of hydrogen-bond donors (Lipinski definition) is 3. The summed E-state index contributed by atoms with van der Waals surface area (Å²) < 4.78 is 11.6. The molecule has 34 heavy (non-hydrogen) atoms. The third-order valence-corrected chi connectivity index (χ3v) is 5.69. The molecule has 0 aliphatic carbocycles. The van der Waals surface area contributed by atoms with Crippen LogP contribution in [0.3, 0.4) is 0 Å². The number of nitrogens with one attached hydrogen (secondary N) is 1. The molecule has 3 rings (SSSR count). The normalized spacial score (nSPS) is 11.6. The number of anilines is 2. The van der Waals surface area contributed by atoms with Gasteiger partial charge in [0, 0.05) is 23.7 Å². The van der Waals surface area contributed by atoms with E-state index in [4.69, 9.17) is 15.2 Å². The van der Waals surface area contributed by atoms with Crippen LogP contribution in [-0.2, 0) is 13.0 Å². The SMILES string of the molecule is C=C(CO)C(CCC)Nc1nc(N)nc(C)c1Cc1ccc(OCc2ccccc2)cc1OC. The van der Waals surface area contributed by atoms with E-state index in [-0.39, 0.29) is 18.6 Å². The van der Waals surface area contributed by atoms with Crippen molar-refractivity contribution in [3.63, 3.8) is 0 Å². The van der Waals surface area contributed by atoms with Crippen LogP contribution in [0.15, 0.2) is 60.7 Å². The number of aryl methyl sites for hydroxylation is 1. The highest BCUT2D eigenvalue weighted by molar-refractivity contribution is 5.55. The molecular weight excluding hydrogens is 428 g/mol. The fourth-order valence-corrected chi connectivity index (χ4v) is 3.78. The molecule has 0 fully saturated rings. The first kappa shape index (κ1) is 25.1. The number of methoxy groups -OCH3 is 1. The minimum atomic E-state index is -0.113. The molecule has 4 N–H and O–H groups in total. The Morgan fingerprint density at radius 2 is 1.94 bits per heavy atom. The Labute approximate surface area is 201 Å². The van der Waals surface area contributed by atoms with Crippen LogP contribution in [0.5, 0.6) is 11.5 Å². The fourth-order valence-electron chi connectivity index (χ4n) is 3.78. The monoisotopic (exact) mass is 462 g/mol. The molecule has 0 aliphatic rings. The molecule has 2 aromatic carbocycles. The first-order chi connectivity index (χ1) is 16.4.